The Morgan fingerprint density at radius 3 is 2.40 bits per heavy atom. The third-order valence-electron chi connectivity index (χ3n) is 2.74. The van der Waals surface area contributed by atoms with E-state index in [-0.39, 0.29) is 0 Å². The second-order valence-corrected chi connectivity index (χ2v) is 4.58. The van der Waals surface area contributed by atoms with E-state index in [0.29, 0.717) is 22.2 Å². The topological polar surface area (TPSA) is 21.3 Å². The summed E-state index contributed by atoms with van der Waals surface area (Å²) in [5, 5.41) is 4.67. The molecular weight excluding hydrogens is 233 g/mol. The molecule has 15 heavy (non-hydrogen) atoms. The van der Waals surface area contributed by atoms with Crippen molar-refractivity contribution in [1.82, 2.24) is 0 Å². The molecule has 0 atom stereocenters. The molecule has 1 N–H and O–H groups in total. The van der Waals surface area contributed by atoms with Gasteiger partial charge in [0.25, 0.3) is 0 Å². The first-order valence-corrected chi connectivity index (χ1v) is 5.69. The van der Waals surface area contributed by atoms with Crippen molar-refractivity contribution in [1.29, 1.82) is 0 Å². The summed E-state index contributed by atoms with van der Waals surface area (Å²) in [7, 11) is 1.74. The molecule has 1 aromatic carbocycles. The maximum atomic E-state index is 6.05. The molecule has 0 spiro atoms. The van der Waals surface area contributed by atoms with Crippen molar-refractivity contribution >= 4 is 28.9 Å². The summed E-state index contributed by atoms with van der Waals surface area (Å²) < 4.78 is 5.21. The number of rotatable bonds is 3. The Kier molecular flexibility index (Phi) is 3.39. The summed E-state index contributed by atoms with van der Waals surface area (Å²) in [6, 6.07) is 5.94. The van der Waals surface area contributed by atoms with Gasteiger partial charge in [0.2, 0.25) is 0 Å². The van der Waals surface area contributed by atoms with E-state index in [9.17, 15) is 0 Å². The molecular formula is C11H13Cl2NO. The quantitative estimate of drug-likeness (QED) is 0.880. The van der Waals surface area contributed by atoms with Crippen LogP contribution in [0.4, 0.5) is 5.69 Å². The van der Waals surface area contributed by atoms with Crippen LogP contribution in [0.1, 0.15) is 12.8 Å². The molecule has 2 nitrogen and oxygen atoms in total. The number of hydrogen-bond acceptors (Lipinski definition) is 2. The van der Waals surface area contributed by atoms with E-state index in [0.717, 1.165) is 18.5 Å². The molecule has 0 unspecified atom stereocenters. The third-order valence-corrected chi connectivity index (χ3v) is 3.37. The smallest absolute Gasteiger partial charge is 0.0721 e. The SMILES string of the molecule is COC1CC(Nc2c(Cl)cccc2Cl)C1. The average molecular weight is 246 g/mol. The Labute approximate surface area is 99.5 Å². The van der Waals surface area contributed by atoms with E-state index in [1.807, 2.05) is 18.2 Å². The van der Waals surface area contributed by atoms with Gasteiger partial charge in [0.05, 0.1) is 21.8 Å². The lowest BCUT2D eigenvalue weighted by Crippen LogP contribution is -2.40. The van der Waals surface area contributed by atoms with Crippen LogP contribution in [0, 0.1) is 0 Å². The fourth-order valence-corrected chi connectivity index (χ4v) is 2.22. The first kappa shape index (κ1) is 11.1. The Balaban J connectivity index is 2.00. The number of benzene rings is 1. The molecule has 82 valence electrons. The Hall–Kier alpha value is -0.440. The molecule has 0 bridgehead atoms. The zero-order valence-corrected chi connectivity index (χ0v) is 9.98. The maximum Gasteiger partial charge on any atom is 0.0721 e. The zero-order chi connectivity index (χ0) is 10.8. The predicted octanol–water partition coefficient (Wildman–Crippen LogP) is 3.58. The van der Waals surface area contributed by atoms with Gasteiger partial charge in [0.1, 0.15) is 0 Å². The van der Waals surface area contributed by atoms with Crippen LogP contribution in [-0.4, -0.2) is 19.3 Å². The first-order valence-electron chi connectivity index (χ1n) is 4.94. The van der Waals surface area contributed by atoms with Crippen molar-refractivity contribution in [3.05, 3.63) is 28.2 Å². The van der Waals surface area contributed by atoms with Crippen molar-refractivity contribution in [3.8, 4) is 0 Å². The van der Waals surface area contributed by atoms with Crippen LogP contribution in [0.15, 0.2) is 18.2 Å². The van der Waals surface area contributed by atoms with Crippen molar-refractivity contribution < 1.29 is 4.74 Å². The Morgan fingerprint density at radius 1 is 1.27 bits per heavy atom. The van der Waals surface area contributed by atoms with E-state index in [1.165, 1.54) is 0 Å². The maximum absolute atomic E-state index is 6.05. The number of hydrogen-bond donors (Lipinski definition) is 1. The second kappa shape index (κ2) is 4.60. The summed E-state index contributed by atoms with van der Waals surface area (Å²) in [4.78, 5) is 0. The van der Waals surface area contributed by atoms with E-state index < -0.39 is 0 Å². The molecule has 1 aromatic rings. The number of methoxy groups -OCH3 is 1. The molecule has 0 amide bonds. The molecule has 4 heteroatoms. The monoisotopic (exact) mass is 245 g/mol. The Bertz CT molecular complexity index is 330. The van der Waals surface area contributed by atoms with Crippen molar-refractivity contribution in [2.45, 2.75) is 25.0 Å². The molecule has 1 aliphatic rings. The van der Waals surface area contributed by atoms with Gasteiger partial charge < -0.3 is 10.1 Å². The van der Waals surface area contributed by atoms with Crippen LogP contribution in [0.5, 0.6) is 0 Å². The molecule has 0 aromatic heterocycles. The molecule has 2 rings (SSSR count). The summed E-state index contributed by atoms with van der Waals surface area (Å²) in [5.74, 6) is 0. The minimum atomic E-state index is 0.378. The van der Waals surface area contributed by atoms with Gasteiger partial charge >= 0.3 is 0 Å². The largest absolute Gasteiger partial charge is 0.381 e. The van der Waals surface area contributed by atoms with Gasteiger partial charge in [-0.3, -0.25) is 0 Å². The highest BCUT2D eigenvalue weighted by Gasteiger charge is 2.29. The summed E-state index contributed by atoms with van der Waals surface area (Å²) in [5.41, 5.74) is 0.834. The highest BCUT2D eigenvalue weighted by atomic mass is 35.5. The van der Waals surface area contributed by atoms with Crippen LogP contribution in [0.3, 0.4) is 0 Å². The van der Waals surface area contributed by atoms with Gasteiger partial charge in [-0.2, -0.15) is 0 Å². The lowest BCUT2D eigenvalue weighted by molar-refractivity contribution is 0.0329. The van der Waals surface area contributed by atoms with Gasteiger partial charge in [-0.25, -0.2) is 0 Å². The third kappa shape index (κ3) is 2.39. The van der Waals surface area contributed by atoms with E-state index in [4.69, 9.17) is 27.9 Å². The highest BCUT2D eigenvalue weighted by Crippen LogP contribution is 2.34. The minimum absolute atomic E-state index is 0.378. The number of halogens is 2. The summed E-state index contributed by atoms with van der Waals surface area (Å²) in [6.07, 6.45) is 2.40. The van der Waals surface area contributed by atoms with Crippen LogP contribution < -0.4 is 5.32 Å². The summed E-state index contributed by atoms with van der Waals surface area (Å²) in [6.45, 7) is 0. The molecule has 1 saturated carbocycles. The van der Waals surface area contributed by atoms with Gasteiger partial charge in [-0.05, 0) is 25.0 Å². The lowest BCUT2D eigenvalue weighted by atomic mass is 9.89. The fraction of sp³-hybridized carbons (Fsp3) is 0.455. The van der Waals surface area contributed by atoms with Crippen LogP contribution >= 0.6 is 23.2 Å². The molecule has 1 fully saturated rings. The molecule has 0 heterocycles. The molecule has 1 aliphatic carbocycles. The highest BCUT2D eigenvalue weighted by molar-refractivity contribution is 6.39. The van der Waals surface area contributed by atoms with Crippen molar-refractivity contribution in [2.75, 3.05) is 12.4 Å². The Morgan fingerprint density at radius 2 is 1.87 bits per heavy atom. The fourth-order valence-electron chi connectivity index (χ4n) is 1.72. The number of para-hydroxylation sites is 1. The predicted molar refractivity (Wildman–Crippen MR) is 63.9 cm³/mol. The van der Waals surface area contributed by atoms with E-state index in [1.54, 1.807) is 7.11 Å². The van der Waals surface area contributed by atoms with Crippen LogP contribution in [0.2, 0.25) is 10.0 Å². The summed E-state index contributed by atoms with van der Waals surface area (Å²) >= 11 is 12.1. The molecule has 0 saturated heterocycles. The molecule has 0 aliphatic heterocycles. The van der Waals surface area contributed by atoms with E-state index in [2.05, 4.69) is 5.32 Å². The first-order chi connectivity index (χ1) is 7.20. The molecule has 0 radical (unpaired) electrons. The lowest BCUT2D eigenvalue weighted by Gasteiger charge is -2.35. The van der Waals surface area contributed by atoms with Gasteiger partial charge in [-0.15, -0.1) is 0 Å². The second-order valence-electron chi connectivity index (χ2n) is 3.77. The number of nitrogens with one attached hydrogen (secondary N) is 1. The zero-order valence-electron chi connectivity index (χ0n) is 8.47. The average Bonchev–Trinajstić information content (AvgIpc) is 2.14. The van der Waals surface area contributed by atoms with Crippen LogP contribution in [0.25, 0.3) is 0 Å². The van der Waals surface area contributed by atoms with Crippen molar-refractivity contribution in [2.24, 2.45) is 0 Å². The van der Waals surface area contributed by atoms with Crippen molar-refractivity contribution in [3.63, 3.8) is 0 Å². The van der Waals surface area contributed by atoms with Gasteiger partial charge in [0, 0.05) is 13.2 Å². The van der Waals surface area contributed by atoms with E-state index >= 15 is 0 Å². The van der Waals surface area contributed by atoms with Gasteiger partial charge in [-0.1, -0.05) is 29.3 Å². The normalized spacial score (nSPS) is 24.7. The standard InChI is InChI=1S/C11H13Cl2NO/c1-15-8-5-7(6-8)14-11-9(12)3-2-4-10(11)13/h2-4,7-8,14H,5-6H2,1H3. The minimum Gasteiger partial charge on any atom is -0.381 e. The van der Waals surface area contributed by atoms with Gasteiger partial charge in [0.15, 0.2) is 0 Å². The number of ether oxygens (including phenoxy) is 1. The van der Waals surface area contributed by atoms with Crippen LogP contribution in [-0.2, 0) is 4.74 Å². The number of anilines is 1.